The second kappa shape index (κ2) is 3.81. The molecule has 1 aromatic rings. The van der Waals surface area contributed by atoms with Gasteiger partial charge >= 0.3 is 0 Å². The van der Waals surface area contributed by atoms with Gasteiger partial charge in [-0.2, -0.15) is 5.10 Å². The molecule has 1 heterocycles. The number of nitrogens with one attached hydrogen (secondary N) is 2. The standard InChI is InChI=1S/C11H19N3O2S/c1-7-10(8(2)14-13-7)17(15,16)12-6-9-5-11(9,3)4/h9,12H,5-6H2,1-4H3,(H,13,14). The molecule has 0 saturated heterocycles. The molecule has 0 bridgehead atoms. The summed E-state index contributed by atoms with van der Waals surface area (Å²) in [7, 11) is -3.43. The summed E-state index contributed by atoms with van der Waals surface area (Å²) < 4.78 is 26.9. The highest BCUT2D eigenvalue weighted by Gasteiger charge is 2.45. The van der Waals surface area contributed by atoms with Gasteiger partial charge in [-0.1, -0.05) is 13.8 Å². The van der Waals surface area contributed by atoms with Crippen LogP contribution in [0.2, 0.25) is 0 Å². The fourth-order valence-electron chi connectivity index (χ4n) is 2.14. The van der Waals surface area contributed by atoms with E-state index in [2.05, 4.69) is 28.8 Å². The van der Waals surface area contributed by atoms with E-state index in [-0.39, 0.29) is 10.3 Å². The molecule has 1 fully saturated rings. The summed E-state index contributed by atoms with van der Waals surface area (Å²) in [5.74, 6) is 0.449. The quantitative estimate of drug-likeness (QED) is 0.855. The largest absolute Gasteiger partial charge is 0.281 e. The summed E-state index contributed by atoms with van der Waals surface area (Å²) in [6.07, 6.45) is 1.08. The third-order valence-corrected chi connectivity index (χ3v) is 5.25. The van der Waals surface area contributed by atoms with Crippen LogP contribution >= 0.6 is 0 Å². The molecule has 2 N–H and O–H groups in total. The van der Waals surface area contributed by atoms with Crippen LogP contribution in [0.3, 0.4) is 0 Å². The van der Waals surface area contributed by atoms with Crippen LogP contribution in [0.15, 0.2) is 4.90 Å². The minimum atomic E-state index is -3.43. The van der Waals surface area contributed by atoms with Gasteiger partial charge in [0.05, 0.1) is 11.4 Å². The Kier molecular flexibility index (Phi) is 2.82. The Labute approximate surface area is 102 Å². The van der Waals surface area contributed by atoms with Crippen LogP contribution in [0.1, 0.15) is 31.7 Å². The maximum Gasteiger partial charge on any atom is 0.244 e. The van der Waals surface area contributed by atoms with Crippen LogP contribution in [-0.4, -0.2) is 25.2 Å². The zero-order valence-corrected chi connectivity index (χ0v) is 11.5. The highest BCUT2D eigenvalue weighted by molar-refractivity contribution is 7.89. The van der Waals surface area contributed by atoms with Crippen molar-refractivity contribution in [3.63, 3.8) is 0 Å². The van der Waals surface area contributed by atoms with E-state index in [1.54, 1.807) is 13.8 Å². The van der Waals surface area contributed by atoms with E-state index in [4.69, 9.17) is 0 Å². The SMILES string of the molecule is Cc1n[nH]c(C)c1S(=O)(=O)NCC1CC1(C)C. The molecule has 1 saturated carbocycles. The highest BCUT2D eigenvalue weighted by atomic mass is 32.2. The number of aromatic amines is 1. The van der Waals surface area contributed by atoms with E-state index in [9.17, 15) is 8.42 Å². The normalized spacial score (nSPS) is 22.7. The van der Waals surface area contributed by atoms with Gasteiger partial charge in [-0.15, -0.1) is 0 Å². The lowest BCUT2D eigenvalue weighted by atomic mass is 10.1. The molecule has 96 valence electrons. The smallest absolute Gasteiger partial charge is 0.244 e. The Morgan fingerprint density at radius 3 is 2.47 bits per heavy atom. The third-order valence-electron chi connectivity index (χ3n) is 3.57. The van der Waals surface area contributed by atoms with Crippen molar-refractivity contribution in [3.05, 3.63) is 11.4 Å². The summed E-state index contributed by atoms with van der Waals surface area (Å²) in [6.45, 7) is 8.23. The van der Waals surface area contributed by atoms with Gasteiger partial charge in [0.15, 0.2) is 0 Å². The molecule has 6 heteroatoms. The minimum Gasteiger partial charge on any atom is -0.281 e. The molecule has 1 aromatic heterocycles. The van der Waals surface area contributed by atoms with Crippen molar-refractivity contribution in [1.82, 2.24) is 14.9 Å². The minimum absolute atomic E-state index is 0.281. The summed E-state index contributed by atoms with van der Waals surface area (Å²) in [5, 5.41) is 6.60. The van der Waals surface area contributed by atoms with Gasteiger partial charge in [0.1, 0.15) is 4.90 Å². The molecule has 1 aliphatic rings. The molecule has 0 radical (unpaired) electrons. The van der Waals surface area contributed by atoms with Crippen molar-refractivity contribution in [2.24, 2.45) is 11.3 Å². The molecular weight excluding hydrogens is 238 g/mol. The fraction of sp³-hybridized carbons (Fsp3) is 0.727. The number of aromatic nitrogens is 2. The van der Waals surface area contributed by atoms with E-state index in [1.807, 2.05) is 0 Å². The Balaban J connectivity index is 2.10. The molecule has 0 spiro atoms. The second-order valence-corrected chi connectivity index (χ2v) is 7.21. The first kappa shape index (κ1) is 12.6. The maximum atomic E-state index is 12.1. The Hall–Kier alpha value is -0.880. The van der Waals surface area contributed by atoms with Gasteiger partial charge in [0.2, 0.25) is 10.0 Å². The monoisotopic (exact) mass is 257 g/mol. The topological polar surface area (TPSA) is 74.8 Å². The zero-order chi connectivity index (χ0) is 12.8. The Bertz CT molecular complexity index is 511. The first-order valence-electron chi connectivity index (χ1n) is 5.75. The van der Waals surface area contributed by atoms with Crippen molar-refractivity contribution in [1.29, 1.82) is 0 Å². The van der Waals surface area contributed by atoms with Crippen LogP contribution in [0.4, 0.5) is 0 Å². The lowest BCUT2D eigenvalue weighted by Gasteiger charge is -2.07. The predicted octanol–water partition coefficient (Wildman–Crippen LogP) is 1.35. The number of hydrogen-bond donors (Lipinski definition) is 2. The first-order valence-corrected chi connectivity index (χ1v) is 7.23. The average molecular weight is 257 g/mol. The lowest BCUT2D eigenvalue weighted by molar-refractivity contribution is 0.537. The van der Waals surface area contributed by atoms with Crippen LogP contribution in [0.25, 0.3) is 0 Å². The summed E-state index contributed by atoms with van der Waals surface area (Å²) in [4.78, 5) is 0.288. The Morgan fingerprint density at radius 2 is 2.06 bits per heavy atom. The van der Waals surface area contributed by atoms with Gasteiger partial charge in [0.25, 0.3) is 0 Å². The third kappa shape index (κ3) is 2.37. The van der Waals surface area contributed by atoms with Gasteiger partial charge in [0, 0.05) is 6.54 Å². The fourth-order valence-corrected chi connectivity index (χ4v) is 3.59. The molecule has 0 amide bonds. The van der Waals surface area contributed by atoms with Gasteiger partial charge < -0.3 is 0 Å². The molecule has 1 atom stereocenters. The molecule has 5 nitrogen and oxygen atoms in total. The number of nitrogens with zero attached hydrogens (tertiary/aromatic N) is 1. The Morgan fingerprint density at radius 1 is 1.47 bits per heavy atom. The number of rotatable bonds is 4. The number of sulfonamides is 1. The van der Waals surface area contributed by atoms with E-state index < -0.39 is 10.0 Å². The van der Waals surface area contributed by atoms with Crippen molar-refractivity contribution >= 4 is 10.0 Å². The van der Waals surface area contributed by atoms with E-state index in [0.29, 0.717) is 23.9 Å². The van der Waals surface area contributed by atoms with Crippen LogP contribution in [0.5, 0.6) is 0 Å². The number of aryl methyl sites for hydroxylation is 2. The van der Waals surface area contributed by atoms with Crippen LogP contribution < -0.4 is 4.72 Å². The molecule has 17 heavy (non-hydrogen) atoms. The summed E-state index contributed by atoms with van der Waals surface area (Å²) in [5.41, 5.74) is 1.39. The molecule has 0 aromatic carbocycles. The summed E-state index contributed by atoms with van der Waals surface area (Å²) >= 11 is 0. The highest BCUT2D eigenvalue weighted by Crippen LogP contribution is 2.51. The van der Waals surface area contributed by atoms with Crippen molar-refractivity contribution in [2.75, 3.05) is 6.54 Å². The van der Waals surface area contributed by atoms with Crippen molar-refractivity contribution in [2.45, 2.75) is 39.0 Å². The average Bonchev–Trinajstić information content (AvgIpc) is 2.65. The van der Waals surface area contributed by atoms with Gasteiger partial charge in [-0.3, -0.25) is 5.10 Å². The van der Waals surface area contributed by atoms with Crippen molar-refractivity contribution < 1.29 is 8.42 Å². The molecule has 2 rings (SSSR count). The van der Waals surface area contributed by atoms with Crippen LogP contribution in [-0.2, 0) is 10.0 Å². The van der Waals surface area contributed by atoms with Gasteiger partial charge in [-0.25, -0.2) is 13.1 Å². The predicted molar refractivity (Wildman–Crippen MR) is 65.1 cm³/mol. The molecule has 1 unspecified atom stereocenters. The maximum absolute atomic E-state index is 12.1. The number of hydrogen-bond acceptors (Lipinski definition) is 3. The summed E-state index contributed by atoms with van der Waals surface area (Å²) in [6, 6.07) is 0. The molecule has 1 aliphatic carbocycles. The molecule has 0 aliphatic heterocycles. The van der Waals surface area contributed by atoms with E-state index in [0.717, 1.165) is 6.42 Å². The number of H-pyrrole nitrogens is 1. The van der Waals surface area contributed by atoms with E-state index >= 15 is 0 Å². The zero-order valence-electron chi connectivity index (χ0n) is 10.7. The van der Waals surface area contributed by atoms with E-state index in [1.165, 1.54) is 0 Å². The van der Waals surface area contributed by atoms with Crippen molar-refractivity contribution in [3.8, 4) is 0 Å². The molecular formula is C11H19N3O2S. The lowest BCUT2D eigenvalue weighted by Crippen LogP contribution is -2.27. The first-order chi connectivity index (χ1) is 7.74. The second-order valence-electron chi connectivity index (χ2n) is 5.50. The van der Waals surface area contributed by atoms with Gasteiger partial charge in [-0.05, 0) is 31.6 Å². The van der Waals surface area contributed by atoms with Crippen LogP contribution in [0, 0.1) is 25.2 Å².